The van der Waals surface area contributed by atoms with Crippen molar-refractivity contribution >= 4 is 40.0 Å². The summed E-state index contributed by atoms with van der Waals surface area (Å²) in [5.74, 6) is 0.197. The van der Waals surface area contributed by atoms with Gasteiger partial charge in [-0.15, -0.1) is 23.1 Å². The molecule has 0 saturated heterocycles. The van der Waals surface area contributed by atoms with Crippen molar-refractivity contribution in [2.24, 2.45) is 0 Å². The van der Waals surface area contributed by atoms with Crippen LogP contribution in [0.5, 0.6) is 0 Å². The van der Waals surface area contributed by atoms with Gasteiger partial charge in [0.25, 0.3) is 0 Å². The van der Waals surface area contributed by atoms with E-state index in [2.05, 4.69) is 12.2 Å². The monoisotopic (exact) mass is 403 g/mol. The second kappa shape index (κ2) is 8.93. The third kappa shape index (κ3) is 4.74. The first-order valence-electron chi connectivity index (χ1n) is 9.31. The molecule has 1 aromatic carbocycles. The van der Waals surface area contributed by atoms with Gasteiger partial charge in [0, 0.05) is 9.77 Å². The van der Waals surface area contributed by atoms with Gasteiger partial charge in [-0.2, -0.15) is 0 Å². The van der Waals surface area contributed by atoms with Gasteiger partial charge in [0.1, 0.15) is 5.00 Å². The first-order chi connectivity index (χ1) is 13.0. The Morgan fingerprint density at radius 1 is 1.30 bits per heavy atom. The van der Waals surface area contributed by atoms with Crippen LogP contribution in [0.2, 0.25) is 0 Å². The maximum Gasteiger partial charge on any atom is 0.341 e. The van der Waals surface area contributed by atoms with Crippen LogP contribution in [0.1, 0.15) is 59.0 Å². The standard InChI is InChI=1S/C21H25NO3S2/c1-4-25-21(24)19-18-14(3)6-5-7-16(18)27-20(19)22-17(23)12-26-15-10-8-13(2)9-11-15/h8-11,14H,4-7,12H2,1-3H3,(H,22,23). The van der Waals surface area contributed by atoms with Crippen molar-refractivity contribution in [1.82, 2.24) is 0 Å². The van der Waals surface area contributed by atoms with E-state index >= 15 is 0 Å². The minimum absolute atomic E-state index is 0.0997. The molecule has 4 nitrogen and oxygen atoms in total. The molecule has 1 amide bonds. The maximum atomic E-state index is 12.6. The second-order valence-electron chi connectivity index (χ2n) is 6.81. The van der Waals surface area contributed by atoms with Crippen LogP contribution >= 0.6 is 23.1 Å². The number of aryl methyl sites for hydroxylation is 2. The molecule has 0 bridgehead atoms. The van der Waals surface area contributed by atoms with Crippen molar-refractivity contribution in [2.45, 2.75) is 50.8 Å². The van der Waals surface area contributed by atoms with Gasteiger partial charge in [-0.05, 0) is 56.7 Å². The van der Waals surface area contributed by atoms with Crippen LogP contribution in [-0.2, 0) is 16.0 Å². The number of thioether (sulfide) groups is 1. The van der Waals surface area contributed by atoms with E-state index in [1.54, 1.807) is 6.92 Å². The number of hydrogen-bond donors (Lipinski definition) is 1. The molecule has 1 unspecified atom stereocenters. The summed E-state index contributed by atoms with van der Waals surface area (Å²) in [6.07, 6.45) is 3.14. The maximum absolute atomic E-state index is 12.6. The molecule has 0 saturated carbocycles. The highest BCUT2D eigenvalue weighted by atomic mass is 32.2. The molecular formula is C21H25NO3S2. The van der Waals surface area contributed by atoms with Crippen LogP contribution in [0, 0.1) is 6.92 Å². The van der Waals surface area contributed by atoms with Crippen molar-refractivity contribution in [1.29, 1.82) is 0 Å². The molecule has 1 aliphatic carbocycles. The molecule has 1 heterocycles. The number of carbonyl (C=O) groups excluding carboxylic acids is 2. The number of anilines is 1. The Hall–Kier alpha value is -1.79. The smallest absolute Gasteiger partial charge is 0.341 e. The Balaban J connectivity index is 1.76. The Bertz CT molecular complexity index is 827. The van der Waals surface area contributed by atoms with Crippen LogP contribution in [0.3, 0.4) is 0 Å². The third-order valence-corrected chi connectivity index (χ3v) is 6.87. The highest BCUT2D eigenvalue weighted by molar-refractivity contribution is 8.00. The van der Waals surface area contributed by atoms with E-state index in [9.17, 15) is 9.59 Å². The number of ether oxygens (including phenoxy) is 1. The fourth-order valence-corrected chi connectivity index (χ4v) is 5.42. The minimum Gasteiger partial charge on any atom is -0.462 e. The van der Waals surface area contributed by atoms with Gasteiger partial charge in [-0.3, -0.25) is 4.79 Å². The Labute approximate surface area is 168 Å². The van der Waals surface area contributed by atoms with Gasteiger partial charge in [-0.25, -0.2) is 4.79 Å². The zero-order valence-corrected chi connectivity index (χ0v) is 17.6. The average molecular weight is 404 g/mol. The number of hydrogen-bond acceptors (Lipinski definition) is 5. The normalized spacial score (nSPS) is 15.9. The van der Waals surface area contributed by atoms with Gasteiger partial charge in [-0.1, -0.05) is 24.6 Å². The van der Waals surface area contributed by atoms with E-state index in [0.717, 1.165) is 29.7 Å². The lowest BCUT2D eigenvalue weighted by molar-refractivity contribution is -0.113. The van der Waals surface area contributed by atoms with Crippen LogP contribution < -0.4 is 5.32 Å². The van der Waals surface area contributed by atoms with E-state index in [1.165, 1.54) is 33.5 Å². The van der Waals surface area contributed by atoms with Crippen LogP contribution in [-0.4, -0.2) is 24.2 Å². The molecule has 1 N–H and O–H groups in total. The van der Waals surface area contributed by atoms with Gasteiger partial charge in [0.15, 0.2) is 0 Å². The highest BCUT2D eigenvalue weighted by Gasteiger charge is 2.30. The molecule has 6 heteroatoms. The number of esters is 1. The molecule has 0 radical (unpaired) electrons. The molecule has 1 atom stereocenters. The first kappa shape index (κ1) is 20.0. The summed E-state index contributed by atoms with van der Waals surface area (Å²) in [6, 6.07) is 8.10. The number of rotatable bonds is 6. The molecule has 2 aromatic rings. The van der Waals surface area contributed by atoms with Crippen LogP contribution in [0.15, 0.2) is 29.2 Å². The molecule has 1 aromatic heterocycles. The summed E-state index contributed by atoms with van der Waals surface area (Å²) < 4.78 is 5.27. The van der Waals surface area contributed by atoms with Gasteiger partial charge in [0.05, 0.1) is 17.9 Å². The number of benzene rings is 1. The Morgan fingerprint density at radius 2 is 2.04 bits per heavy atom. The van der Waals surface area contributed by atoms with Crippen LogP contribution in [0.25, 0.3) is 0 Å². The number of fused-ring (bicyclic) bond motifs is 1. The molecule has 1 aliphatic rings. The van der Waals surface area contributed by atoms with Crippen molar-refractivity contribution in [3.8, 4) is 0 Å². The lowest BCUT2D eigenvalue weighted by atomic mass is 9.86. The molecule has 144 valence electrons. The number of thiophene rings is 1. The second-order valence-corrected chi connectivity index (χ2v) is 8.96. The minimum atomic E-state index is -0.328. The largest absolute Gasteiger partial charge is 0.462 e. The zero-order valence-electron chi connectivity index (χ0n) is 16.0. The quantitative estimate of drug-likeness (QED) is 0.518. The predicted molar refractivity (Wildman–Crippen MR) is 112 cm³/mol. The summed E-state index contributed by atoms with van der Waals surface area (Å²) in [5.41, 5.74) is 2.84. The number of amides is 1. The summed E-state index contributed by atoms with van der Waals surface area (Å²) in [6.45, 7) is 6.31. The molecule has 0 fully saturated rings. The van der Waals surface area contributed by atoms with E-state index < -0.39 is 0 Å². The van der Waals surface area contributed by atoms with Crippen molar-refractivity contribution in [3.63, 3.8) is 0 Å². The van der Waals surface area contributed by atoms with Crippen LogP contribution in [0.4, 0.5) is 5.00 Å². The summed E-state index contributed by atoms with van der Waals surface area (Å²) in [4.78, 5) is 27.3. The average Bonchev–Trinajstić information content (AvgIpc) is 3.01. The molecule has 0 aliphatic heterocycles. The third-order valence-electron chi connectivity index (χ3n) is 4.68. The molecule has 3 rings (SSSR count). The Kier molecular flexibility index (Phi) is 6.60. The summed E-state index contributed by atoms with van der Waals surface area (Å²) >= 11 is 3.02. The molecule has 27 heavy (non-hydrogen) atoms. The fourth-order valence-electron chi connectivity index (χ4n) is 3.35. The fraction of sp³-hybridized carbons (Fsp3) is 0.429. The molecule has 0 spiro atoms. The van der Waals surface area contributed by atoms with Gasteiger partial charge >= 0.3 is 5.97 Å². The Morgan fingerprint density at radius 3 is 2.74 bits per heavy atom. The number of nitrogens with one attached hydrogen (secondary N) is 1. The predicted octanol–water partition coefficient (Wildman–Crippen LogP) is 5.40. The first-order valence-corrected chi connectivity index (χ1v) is 11.1. The lowest BCUT2D eigenvalue weighted by Gasteiger charge is -2.19. The number of carbonyl (C=O) groups is 2. The highest BCUT2D eigenvalue weighted by Crippen LogP contribution is 2.43. The molecular weight excluding hydrogens is 378 g/mol. The topological polar surface area (TPSA) is 55.4 Å². The van der Waals surface area contributed by atoms with Gasteiger partial charge in [0.2, 0.25) is 5.91 Å². The van der Waals surface area contributed by atoms with Crippen molar-refractivity contribution < 1.29 is 14.3 Å². The van der Waals surface area contributed by atoms with Gasteiger partial charge < -0.3 is 10.1 Å². The van der Waals surface area contributed by atoms with E-state index in [0.29, 0.717) is 28.8 Å². The van der Waals surface area contributed by atoms with E-state index in [4.69, 9.17) is 4.74 Å². The summed E-state index contributed by atoms with van der Waals surface area (Å²) in [5, 5.41) is 3.61. The van der Waals surface area contributed by atoms with Crippen molar-refractivity contribution in [3.05, 3.63) is 45.8 Å². The van der Waals surface area contributed by atoms with E-state index in [1.807, 2.05) is 31.2 Å². The summed E-state index contributed by atoms with van der Waals surface area (Å²) in [7, 11) is 0. The SMILES string of the molecule is CCOC(=O)c1c(NC(=O)CSc2ccc(C)cc2)sc2c1C(C)CCC2. The van der Waals surface area contributed by atoms with Crippen molar-refractivity contribution in [2.75, 3.05) is 17.7 Å². The zero-order chi connectivity index (χ0) is 19.4. The lowest BCUT2D eigenvalue weighted by Crippen LogP contribution is -2.17. The van der Waals surface area contributed by atoms with E-state index in [-0.39, 0.29) is 11.9 Å².